The van der Waals surface area contributed by atoms with E-state index in [-0.39, 0.29) is 29.7 Å². The second-order valence-electron chi connectivity index (χ2n) is 20.8. The van der Waals surface area contributed by atoms with Crippen molar-refractivity contribution in [2.24, 2.45) is 0 Å². The lowest BCUT2D eigenvalue weighted by Gasteiger charge is -2.34. The van der Waals surface area contributed by atoms with Crippen LogP contribution in [0.4, 0.5) is 21.2 Å². The van der Waals surface area contributed by atoms with Crippen LogP contribution in [-0.2, 0) is 28.9 Å². The lowest BCUT2D eigenvalue weighted by molar-refractivity contribution is 0.0488. The van der Waals surface area contributed by atoms with E-state index in [0.717, 1.165) is 77.5 Å². The number of nitrogens with zero attached hydrogens (tertiary/aromatic N) is 10. The van der Waals surface area contributed by atoms with Crippen LogP contribution in [-0.4, -0.2) is 106 Å². The Labute approximate surface area is 443 Å². The number of aromatic nitrogens is 9. The van der Waals surface area contributed by atoms with Gasteiger partial charge >= 0.3 is 12.2 Å². The third kappa shape index (κ3) is 12.5. The number of rotatable bonds is 10. The number of nitrogens with one attached hydrogen (secondary N) is 3. The number of benzene rings is 3. The Morgan fingerprint density at radius 1 is 0.693 bits per heavy atom. The molecule has 2 aliphatic rings. The van der Waals surface area contributed by atoms with Crippen LogP contribution in [0.5, 0.6) is 0 Å². The Morgan fingerprint density at radius 3 is 1.77 bits per heavy atom. The molecule has 392 valence electrons. The number of halogens is 2. The van der Waals surface area contributed by atoms with Gasteiger partial charge in [-0.25, -0.2) is 28.4 Å². The summed E-state index contributed by atoms with van der Waals surface area (Å²) in [4.78, 5) is 60.3. The molecule has 2 fully saturated rings. The van der Waals surface area contributed by atoms with E-state index in [9.17, 15) is 19.2 Å². The second kappa shape index (κ2) is 22.1. The van der Waals surface area contributed by atoms with Gasteiger partial charge in [0, 0.05) is 83.9 Å². The zero-order valence-electron chi connectivity index (χ0n) is 42.8. The van der Waals surface area contributed by atoms with Crippen molar-refractivity contribution in [1.82, 2.24) is 54.8 Å². The fraction of sp³-hybridized carbons (Fsp3) is 0.389. The second-order valence-corrected chi connectivity index (χ2v) is 21.7. The molecule has 0 aliphatic carbocycles. The van der Waals surface area contributed by atoms with E-state index in [0.29, 0.717) is 58.6 Å². The fourth-order valence-corrected chi connectivity index (χ4v) is 10.0. The van der Waals surface area contributed by atoms with Gasteiger partial charge in [0.05, 0.1) is 12.2 Å². The Kier molecular flexibility index (Phi) is 15.5. The molecule has 75 heavy (non-hydrogen) atoms. The summed E-state index contributed by atoms with van der Waals surface area (Å²) in [5.74, 6) is 1.37. The Hall–Kier alpha value is -7.51. The van der Waals surface area contributed by atoms with E-state index >= 15 is 0 Å². The normalized spacial score (nSPS) is 16.2. The van der Waals surface area contributed by atoms with E-state index in [4.69, 9.17) is 37.8 Å². The number of piperidine rings is 2. The highest BCUT2D eigenvalue weighted by atomic mass is 35.5. The largest absolute Gasteiger partial charge is 0.444 e. The standard InChI is InChI=1S/C32H34ClN7O3.C22H27ClN6O3/c1-32(2,3)43-31(42)36-23-11-8-16-38(18-23)29-25(17-22-10-5-7-13-26(22)33)28-30(41)39(35-20-40(28)37-29)19-27-24-12-6-4-9-21(24)14-15-34-27;1-22(2,3)32-21(31)25-15-8-6-10-28(12-15)19-16(11-14-7-4-5-9-17(14)23)18-20(30)26-24-13-29(18)27-19/h4-7,9-10,12-15,20,23H,8,11,16-19H2,1-3H3,(H,36,42);4-5,7,9,13,15H,6,8,10-12H2,1-3H3,(H,25,31)(H,26,30)/t23-;15-/m11/s1. The summed E-state index contributed by atoms with van der Waals surface area (Å²) in [6, 6.07) is 24.9. The first kappa shape index (κ1) is 52.4. The maximum absolute atomic E-state index is 14.1. The highest BCUT2D eigenvalue weighted by molar-refractivity contribution is 6.31. The van der Waals surface area contributed by atoms with Gasteiger partial charge in [-0.3, -0.25) is 14.6 Å². The number of fused-ring (bicyclic) bond motifs is 3. The number of alkyl carbamates (subject to hydrolysis) is 2. The molecule has 0 bridgehead atoms. The van der Waals surface area contributed by atoms with Crippen molar-refractivity contribution in [3.05, 3.63) is 156 Å². The summed E-state index contributed by atoms with van der Waals surface area (Å²) in [7, 11) is 0. The molecule has 0 unspecified atom stereocenters. The molecular formula is C54H61Cl2N13O6. The Balaban J connectivity index is 0.000000192. The van der Waals surface area contributed by atoms with Gasteiger partial charge < -0.3 is 29.9 Å². The number of amides is 2. The van der Waals surface area contributed by atoms with Crippen LogP contribution in [0, 0.1) is 0 Å². The molecule has 21 heteroatoms. The zero-order chi connectivity index (χ0) is 53.0. The molecule has 10 rings (SSSR count). The molecule has 7 heterocycles. The number of aromatic amines is 1. The topological polar surface area (TPSA) is 211 Å². The molecule has 2 amide bonds. The van der Waals surface area contributed by atoms with Gasteiger partial charge in [-0.2, -0.15) is 10.2 Å². The van der Waals surface area contributed by atoms with Crippen molar-refractivity contribution in [2.75, 3.05) is 36.0 Å². The van der Waals surface area contributed by atoms with Gasteiger partial charge in [0.1, 0.15) is 34.9 Å². The molecule has 2 atom stereocenters. The average molecular weight is 1060 g/mol. The van der Waals surface area contributed by atoms with Gasteiger partial charge in [0.2, 0.25) is 0 Å². The van der Waals surface area contributed by atoms with Crippen LogP contribution in [0.2, 0.25) is 10.0 Å². The molecule has 3 N–H and O–H groups in total. The molecule has 3 aromatic carbocycles. The molecular weight excluding hydrogens is 998 g/mol. The van der Waals surface area contributed by atoms with E-state index < -0.39 is 23.4 Å². The smallest absolute Gasteiger partial charge is 0.407 e. The Morgan fingerprint density at radius 2 is 1.21 bits per heavy atom. The highest BCUT2D eigenvalue weighted by Gasteiger charge is 2.31. The number of pyridine rings is 1. The molecule has 0 saturated carbocycles. The van der Waals surface area contributed by atoms with Crippen molar-refractivity contribution in [2.45, 2.75) is 110 Å². The van der Waals surface area contributed by atoms with Crippen molar-refractivity contribution in [3.8, 4) is 0 Å². The van der Waals surface area contributed by atoms with Crippen molar-refractivity contribution >= 4 is 68.8 Å². The summed E-state index contributed by atoms with van der Waals surface area (Å²) in [5, 5.41) is 29.6. The van der Waals surface area contributed by atoms with Crippen molar-refractivity contribution in [3.63, 3.8) is 0 Å². The Bertz CT molecular complexity index is 3480. The van der Waals surface area contributed by atoms with Crippen LogP contribution in [0.25, 0.3) is 21.8 Å². The minimum atomic E-state index is -0.587. The molecule has 2 aliphatic heterocycles. The monoisotopic (exact) mass is 1060 g/mol. The summed E-state index contributed by atoms with van der Waals surface area (Å²) in [6.45, 7) is 13.8. The van der Waals surface area contributed by atoms with E-state index in [1.165, 1.54) is 15.5 Å². The minimum absolute atomic E-state index is 0.0898. The highest BCUT2D eigenvalue weighted by Crippen LogP contribution is 2.32. The molecule has 2 saturated heterocycles. The maximum Gasteiger partial charge on any atom is 0.407 e. The lowest BCUT2D eigenvalue weighted by Crippen LogP contribution is -2.49. The summed E-state index contributed by atoms with van der Waals surface area (Å²) >= 11 is 13.0. The van der Waals surface area contributed by atoms with Crippen LogP contribution >= 0.6 is 23.2 Å². The number of hydrogen-bond acceptors (Lipinski definition) is 13. The first-order valence-electron chi connectivity index (χ1n) is 25.1. The molecule has 5 aromatic heterocycles. The maximum atomic E-state index is 14.1. The number of anilines is 2. The first-order chi connectivity index (χ1) is 35.9. The predicted octanol–water partition coefficient (Wildman–Crippen LogP) is 8.38. The number of hydrogen-bond donors (Lipinski definition) is 3. The third-order valence-corrected chi connectivity index (χ3v) is 13.6. The molecule has 0 radical (unpaired) electrons. The van der Waals surface area contributed by atoms with Gasteiger partial charge in [0.25, 0.3) is 11.1 Å². The molecule has 19 nitrogen and oxygen atoms in total. The van der Waals surface area contributed by atoms with E-state index in [1.807, 2.05) is 120 Å². The van der Waals surface area contributed by atoms with Gasteiger partial charge in [-0.15, -0.1) is 10.2 Å². The lowest BCUT2D eigenvalue weighted by atomic mass is 10.0. The average Bonchev–Trinajstić information content (AvgIpc) is 3.93. The van der Waals surface area contributed by atoms with Gasteiger partial charge in [-0.1, -0.05) is 83.9 Å². The van der Waals surface area contributed by atoms with Crippen LogP contribution in [0.1, 0.15) is 95.2 Å². The number of ether oxygens (including phenoxy) is 2. The van der Waals surface area contributed by atoms with Gasteiger partial charge in [0.15, 0.2) is 11.6 Å². The van der Waals surface area contributed by atoms with Crippen LogP contribution in [0.15, 0.2) is 107 Å². The summed E-state index contributed by atoms with van der Waals surface area (Å²) in [6.07, 6.45) is 8.15. The van der Waals surface area contributed by atoms with Gasteiger partial charge in [-0.05, 0) is 102 Å². The first-order valence-corrected chi connectivity index (χ1v) is 25.8. The quantitative estimate of drug-likeness (QED) is 0.118. The zero-order valence-corrected chi connectivity index (χ0v) is 44.4. The molecule has 8 aromatic rings. The predicted molar refractivity (Wildman–Crippen MR) is 289 cm³/mol. The van der Waals surface area contributed by atoms with Crippen molar-refractivity contribution in [1.29, 1.82) is 0 Å². The fourth-order valence-electron chi connectivity index (χ4n) is 9.61. The third-order valence-electron chi connectivity index (χ3n) is 12.8. The number of H-pyrrole nitrogens is 1. The van der Waals surface area contributed by atoms with E-state index in [2.05, 4.69) is 45.8 Å². The summed E-state index contributed by atoms with van der Waals surface area (Å²) < 4.78 is 15.4. The number of carbonyl (C=O) groups is 2. The van der Waals surface area contributed by atoms with Crippen molar-refractivity contribution < 1.29 is 19.1 Å². The van der Waals surface area contributed by atoms with E-state index in [1.54, 1.807) is 17.0 Å². The van der Waals surface area contributed by atoms with Crippen LogP contribution in [0.3, 0.4) is 0 Å². The molecule has 0 spiro atoms. The minimum Gasteiger partial charge on any atom is -0.444 e. The summed E-state index contributed by atoms with van der Waals surface area (Å²) in [5.41, 5.74) is 3.25. The number of carbonyl (C=O) groups excluding carboxylic acids is 2. The SMILES string of the molecule is CC(C)(C)OC(=O)N[C@@H]1CCCN(c2nn3cn[nH]c(=O)c3c2Cc2ccccc2Cl)C1.CC(C)(C)OC(=O)N[C@@H]1CCCN(c2nn3cnn(Cc4nccc5ccccc45)c(=O)c3c2Cc2ccccc2Cl)C1. The van der Waals surface area contributed by atoms with Crippen LogP contribution < -0.4 is 31.6 Å².